The van der Waals surface area contributed by atoms with Gasteiger partial charge in [0, 0.05) is 34.2 Å². The zero-order valence-corrected chi connectivity index (χ0v) is 17.5. The summed E-state index contributed by atoms with van der Waals surface area (Å²) in [7, 11) is 0. The van der Waals surface area contributed by atoms with E-state index in [1.165, 1.54) is 35.6 Å². The minimum Gasteiger partial charge on any atom is -0.313 e. The molecule has 1 aromatic carbocycles. The van der Waals surface area contributed by atoms with E-state index in [0.717, 1.165) is 10.4 Å². The van der Waals surface area contributed by atoms with Gasteiger partial charge in [-0.25, -0.2) is 0 Å². The van der Waals surface area contributed by atoms with E-state index in [1.54, 1.807) is 12.1 Å². The molecule has 1 amide bonds. The summed E-state index contributed by atoms with van der Waals surface area (Å²) >= 11 is 1.41. The number of benzene rings is 1. The molecule has 0 atom stereocenters. The first-order valence-electron chi connectivity index (χ1n) is 9.11. The van der Waals surface area contributed by atoms with Crippen LogP contribution in [-0.2, 0) is 16.8 Å². The molecule has 3 rings (SSSR count). The number of non-ortho nitro benzene ring substituents is 1. The maximum Gasteiger partial charge on any atom is 0.270 e. The first-order chi connectivity index (χ1) is 13.5. The molecule has 0 fully saturated rings. The number of rotatable bonds is 4. The van der Waals surface area contributed by atoms with Gasteiger partial charge in [0.2, 0.25) is 5.91 Å². The fourth-order valence-electron chi connectivity index (χ4n) is 3.80. The third-order valence-electron chi connectivity index (χ3n) is 4.70. The average molecular weight is 410 g/mol. The number of fused-ring (bicyclic) bond motifs is 1. The first-order valence-corrected chi connectivity index (χ1v) is 9.93. The molecule has 2 aromatic rings. The maximum atomic E-state index is 12.4. The summed E-state index contributed by atoms with van der Waals surface area (Å²) < 4.78 is 0. The van der Waals surface area contributed by atoms with Crippen LogP contribution in [0.2, 0.25) is 0 Å². The Hall–Kier alpha value is -3.02. The molecule has 0 saturated heterocycles. The highest BCUT2D eigenvalue weighted by molar-refractivity contribution is 7.17. The van der Waals surface area contributed by atoms with Crippen molar-refractivity contribution in [2.24, 2.45) is 0 Å². The van der Waals surface area contributed by atoms with E-state index >= 15 is 0 Å². The molecule has 0 aliphatic carbocycles. The van der Waals surface area contributed by atoms with Crippen LogP contribution in [-0.4, -0.2) is 16.4 Å². The van der Waals surface area contributed by atoms with E-state index < -0.39 is 10.8 Å². The van der Waals surface area contributed by atoms with Crippen LogP contribution in [0.4, 0.5) is 10.7 Å². The third kappa shape index (κ3) is 4.36. The Morgan fingerprint density at radius 3 is 2.76 bits per heavy atom. The molecule has 1 aromatic heterocycles. The van der Waals surface area contributed by atoms with Crippen molar-refractivity contribution < 1.29 is 9.72 Å². The molecule has 1 aliphatic heterocycles. The lowest BCUT2D eigenvalue weighted by atomic mass is 9.81. The number of carbonyl (C=O) groups is 1. The number of nitriles is 1. The highest BCUT2D eigenvalue weighted by Crippen LogP contribution is 2.44. The normalized spacial score (nSPS) is 16.8. The Labute approximate surface area is 173 Å². The maximum absolute atomic E-state index is 12.4. The van der Waals surface area contributed by atoms with Crippen molar-refractivity contribution in [2.45, 2.75) is 45.2 Å². The number of nitrogens with one attached hydrogen (secondary N) is 2. The quantitative estimate of drug-likeness (QED) is 0.443. The van der Waals surface area contributed by atoms with E-state index in [-0.39, 0.29) is 16.8 Å². The number of anilines is 1. The monoisotopic (exact) mass is 410 g/mol. The Kier molecular flexibility index (Phi) is 5.30. The summed E-state index contributed by atoms with van der Waals surface area (Å²) in [5.41, 5.74) is 1.52. The van der Waals surface area contributed by atoms with E-state index in [0.29, 0.717) is 22.5 Å². The van der Waals surface area contributed by atoms with Gasteiger partial charge in [-0.05, 0) is 51.3 Å². The van der Waals surface area contributed by atoms with Crippen LogP contribution in [0.5, 0.6) is 0 Å². The molecular formula is C21H22N4O3S. The summed E-state index contributed by atoms with van der Waals surface area (Å²) in [5.74, 6) is -0.392. The summed E-state index contributed by atoms with van der Waals surface area (Å²) in [6.07, 6.45) is 3.52. The Morgan fingerprint density at radius 1 is 1.38 bits per heavy atom. The fraction of sp³-hybridized carbons (Fsp3) is 0.333. The van der Waals surface area contributed by atoms with Crippen molar-refractivity contribution in [2.75, 3.05) is 5.32 Å². The number of carbonyl (C=O) groups excluding carboxylic acids is 1. The van der Waals surface area contributed by atoms with Crippen LogP contribution in [0.1, 0.15) is 49.3 Å². The van der Waals surface area contributed by atoms with E-state index in [4.69, 9.17) is 0 Å². The van der Waals surface area contributed by atoms with Gasteiger partial charge < -0.3 is 10.6 Å². The van der Waals surface area contributed by atoms with Crippen LogP contribution in [0.15, 0.2) is 30.3 Å². The lowest BCUT2D eigenvalue weighted by Crippen LogP contribution is -2.54. The van der Waals surface area contributed by atoms with Gasteiger partial charge in [-0.1, -0.05) is 12.1 Å². The third-order valence-corrected chi connectivity index (χ3v) is 6.17. The van der Waals surface area contributed by atoms with Gasteiger partial charge in [-0.15, -0.1) is 11.3 Å². The lowest BCUT2D eigenvalue weighted by Gasteiger charge is -2.42. The van der Waals surface area contributed by atoms with E-state index in [2.05, 4.69) is 44.4 Å². The summed E-state index contributed by atoms with van der Waals surface area (Å²) in [6, 6.07) is 8.27. The topological polar surface area (TPSA) is 108 Å². The summed E-state index contributed by atoms with van der Waals surface area (Å²) in [5, 5.41) is 27.5. The first kappa shape index (κ1) is 20.7. The van der Waals surface area contributed by atoms with Crippen molar-refractivity contribution in [1.29, 1.82) is 5.26 Å². The van der Waals surface area contributed by atoms with Gasteiger partial charge in [0.25, 0.3) is 5.69 Å². The van der Waals surface area contributed by atoms with Crippen molar-refractivity contribution in [1.82, 2.24) is 5.32 Å². The molecule has 0 saturated carbocycles. The van der Waals surface area contributed by atoms with Crippen LogP contribution in [0, 0.1) is 21.4 Å². The molecule has 7 nitrogen and oxygen atoms in total. The molecule has 8 heteroatoms. The predicted octanol–water partition coefficient (Wildman–Crippen LogP) is 4.34. The second kappa shape index (κ2) is 7.43. The molecule has 2 N–H and O–H groups in total. The summed E-state index contributed by atoms with van der Waals surface area (Å²) in [6.45, 7) is 8.32. The molecular weight excluding hydrogens is 388 g/mol. The van der Waals surface area contributed by atoms with Gasteiger partial charge in [-0.3, -0.25) is 14.9 Å². The number of nitro groups is 1. The molecule has 0 bridgehead atoms. The van der Waals surface area contributed by atoms with Gasteiger partial charge in [0.1, 0.15) is 11.1 Å². The van der Waals surface area contributed by atoms with Crippen molar-refractivity contribution in [3.8, 4) is 6.07 Å². The second-order valence-corrected chi connectivity index (χ2v) is 9.23. The van der Waals surface area contributed by atoms with Crippen molar-refractivity contribution in [3.63, 3.8) is 0 Å². The molecule has 0 spiro atoms. The van der Waals surface area contributed by atoms with Gasteiger partial charge in [0.15, 0.2) is 0 Å². The molecule has 29 heavy (non-hydrogen) atoms. The molecule has 0 radical (unpaired) electrons. The number of amides is 1. The minimum atomic E-state index is -0.482. The zero-order chi connectivity index (χ0) is 21.4. The average Bonchev–Trinajstić information content (AvgIpc) is 2.96. The fourth-order valence-corrected chi connectivity index (χ4v) is 5.03. The Morgan fingerprint density at radius 2 is 2.10 bits per heavy atom. The molecule has 2 heterocycles. The van der Waals surface area contributed by atoms with Crippen LogP contribution in [0.3, 0.4) is 0 Å². The SMILES string of the molecule is CC1(C)Cc2c(sc(NC(=O)/C=C/c3cccc([N+](=O)[O-])c3)c2C#N)C(C)(C)N1. The van der Waals surface area contributed by atoms with Crippen LogP contribution < -0.4 is 10.6 Å². The lowest BCUT2D eigenvalue weighted by molar-refractivity contribution is -0.384. The number of nitrogens with zero attached hydrogens (tertiary/aromatic N) is 2. The highest BCUT2D eigenvalue weighted by Gasteiger charge is 2.40. The van der Waals surface area contributed by atoms with E-state index in [1.807, 2.05) is 0 Å². The Bertz CT molecular complexity index is 1060. The second-order valence-electron chi connectivity index (χ2n) is 8.21. The van der Waals surface area contributed by atoms with Crippen molar-refractivity contribution in [3.05, 3.63) is 62.0 Å². The van der Waals surface area contributed by atoms with Gasteiger partial charge in [0.05, 0.1) is 10.5 Å². The molecule has 150 valence electrons. The minimum absolute atomic E-state index is 0.0393. The van der Waals surface area contributed by atoms with Crippen LogP contribution in [0.25, 0.3) is 6.08 Å². The van der Waals surface area contributed by atoms with Crippen LogP contribution >= 0.6 is 11.3 Å². The number of hydrogen-bond donors (Lipinski definition) is 2. The van der Waals surface area contributed by atoms with Gasteiger partial charge >= 0.3 is 0 Å². The molecule has 0 unspecified atom stereocenters. The Balaban J connectivity index is 1.85. The van der Waals surface area contributed by atoms with E-state index in [9.17, 15) is 20.2 Å². The summed E-state index contributed by atoms with van der Waals surface area (Å²) in [4.78, 5) is 23.9. The van der Waals surface area contributed by atoms with Gasteiger partial charge in [-0.2, -0.15) is 5.26 Å². The largest absolute Gasteiger partial charge is 0.313 e. The molecule has 1 aliphatic rings. The van der Waals surface area contributed by atoms with Crippen molar-refractivity contribution >= 4 is 34.0 Å². The zero-order valence-electron chi connectivity index (χ0n) is 16.7. The number of hydrogen-bond acceptors (Lipinski definition) is 6. The number of nitro benzene ring substituents is 1. The smallest absolute Gasteiger partial charge is 0.270 e. The number of thiophene rings is 1. The predicted molar refractivity (Wildman–Crippen MR) is 114 cm³/mol. The standard InChI is InChI=1S/C21H22N4O3S/c1-20(2)11-15-16(12-22)19(29-18(15)21(3,4)24-20)23-17(26)9-8-13-6-5-7-14(10-13)25(27)28/h5-10,24H,11H2,1-4H3,(H,23,26)/b9-8+. The highest BCUT2D eigenvalue weighted by atomic mass is 32.1.